The molecule has 0 spiro atoms. The van der Waals surface area contributed by atoms with Gasteiger partial charge in [0.1, 0.15) is 5.82 Å². The number of carbonyl (C=O) groups is 1. The number of hydrogen-bond donors (Lipinski definition) is 0. The lowest BCUT2D eigenvalue weighted by Gasteiger charge is -2.06. The Morgan fingerprint density at radius 1 is 1.00 bits per heavy atom. The minimum Gasteiger partial charge on any atom is -0.294 e. The van der Waals surface area contributed by atoms with Gasteiger partial charge in [0, 0.05) is 12.5 Å². The minimum atomic E-state index is -4.56. The van der Waals surface area contributed by atoms with Crippen LogP contribution in [-0.2, 0) is 0 Å². The summed E-state index contributed by atoms with van der Waals surface area (Å²) < 4.78 is 73.5. The highest BCUT2D eigenvalue weighted by atomic mass is 19.4. The van der Waals surface area contributed by atoms with Gasteiger partial charge in [-0.3, -0.25) is 4.79 Å². The number of hydrogen-bond acceptors (Lipinski definition) is 1. The van der Waals surface area contributed by atoms with Crippen molar-refractivity contribution in [3.05, 3.63) is 35.1 Å². The van der Waals surface area contributed by atoms with Crippen LogP contribution in [0.2, 0.25) is 0 Å². The molecule has 0 radical (unpaired) electrons. The van der Waals surface area contributed by atoms with E-state index in [0.717, 1.165) is 0 Å². The van der Waals surface area contributed by atoms with Crippen molar-refractivity contribution in [1.29, 1.82) is 0 Å². The van der Waals surface area contributed by atoms with Crippen LogP contribution in [0.25, 0.3) is 0 Å². The van der Waals surface area contributed by atoms with Crippen molar-refractivity contribution < 1.29 is 31.1 Å². The highest BCUT2D eigenvalue weighted by Gasteiger charge is 2.29. The van der Waals surface area contributed by atoms with Gasteiger partial charge in [0.05, 0.1) is 12.0 Å². The van der Waals surface area contributed by atoms with Crippen LogP contribution in [0.15, 0.2) is 12.1 Å². The summed E-state index contributed by atoms with van der Waals surface area (Å²) >= 11 is 0. The van der Waals surface area contributed by atoms with Crippen molar-refractivity contribution in [2.24, 2.45) is 0 Å². The van der Waals surface area contributed by atoms with Crippen molar-refractivity contribution in [1.82, 2.24) is 0 Å². The summed E-state index contributed by atoms with van der Waals surface area (Å²) in [6, 6.07) is 0.375. The molecular weight excluding hydrogens is 250 g/mol. The van der Waals surface area contributed by atoms with E-state index in [9.17, 15) is 31.1 Å². The van der Waals surface area contributed by atoms with Crippen molar-refractivity contribution in [2.75, 3.05) is 0 Å². The van der Waals surface area contributed by atoms with Crippen LogP contribution in [0, 0.1) is 17.5 Å². The highest BCUT2D eigenvalue weighted by molar-refractivity contribution is 5.96. The predicted molar refractivity (Wildman–Crippen MR) is 45.9 cm³/mol. The number of Topliss-reactive ketones (excluding diaryl/α,β-unsaturated/α-hetero) is 1. The first-order chi connectivity index (χ1) is 7.70. The molecule has 0 N–H and O–H groups in total. The van der Waals surface area contributed by atoms with Crippen LogP contribution < -0.4 is 0 Å². The normalized spacial score (nSPS) is 11.6. The van der Waals surface area contributed by atoms with Gasteiger partial charge in [-0.15, -0.1) is 0 Å². The molecule has 1 rings (SSSR count). The molecule has 0 unspecified atom stereocenters. The number of ketones is 1. The van der Waals surface area contributed by atoms with E-state index >= 15 is 0 Å². The zero-order valence-electron chi connectivity index (χ0n) is 8.24. The van der Waals surface area contributed by atoms with Crippen LogP contribution in [0.3, 0.4) is 0 Å². The van der Waals surface area contributed by atoms with Crippen LogP contribution >= 0.6 is 0 Å². The maximum Gasteiger partial charge on any atom is 0.389 e. The summed E-state index contributed by atoms with van der Waals surface area (Å²) in [7, 11) is 0. The first-order valence-electron chi connectivity index (χ1n) is 4.45. The van der Waals surface area contributed by atoms with Gasteiger partial charge in [-0.05, 0) is 6.07 Å². The Balaban J connectivity index is 2.86. The minimum absolute atomic E-state index is 0.121. The first kappa shape index (κ1) is 13.5. The van der Waals surface area contributed by atoms with E-state index in [-0.39, 0.29) is 12.1 Å². The van der Waals surface area contributed by atoms with E-state index in [1.54, 1.807) is 0 Å². The Kier molecular flexibility index (Phi) is 3.79. The molecule has 0 heterocycles. The van der Waals surface area contributed by atoms with Crippen molar-refractivity contribution in [3.8, 4) is 0 Å². The molecule has 94 valence electrons. The smallest absolute Gasteiger partial charge is 0.294 e. The molecule has 1 aromatic rings. The van der Waals surface area contributed by atoms with Gasteiger partial charge in [-0.2, -0.15) is 13.2 Å². The molecule has 0 amide bonds. The van der Waals surface area contributed by atoms with E-state index in [0.29, 0.717) is 0 Å². The van der Waals surface area contributed by atoms with Crippen LogP contribution in [0.1, 0.15) is 23.2 Å². The maximum absolute atomic E-state index is 13.0. The Morgan fingerprint density at radius 3 is 2.06 bits per heavy atom. The molecule has 0 atom stereocenters. The van der Waals surface area contributed by atoms with Gasteiger partial charge in [0.15, 0.2) is 17.4 Å². The van der Waals surface area contributed by atoms with E-state index in [1.165, 1.54) is 0 Å². The van der Waals surface area contributed by atoms with Gasteiger partial charge in [0.25, 0.3) is 0 Å². The van der Waals surface area contributed by atoms with Gasteiger partial charge in [-0.1, -0.05) is 0 Å². The Hall–Kier alpha value is -1.53. The Labute approximate surface area is 92.0 Å². The Morgan fingerprint density at radius 2 is 1.53 bits per heavy atom. The van der Waals surface area contributed by atoms with Crippen molar-refractivity contribution in [3.63, 3.8) is 0 Å². The second-order valence-corrected chi connectivity index (χ2v) is 3.28. The number of halogens is 6. The predicted octanol–water partition coefficient (Wildman–Crippen LogP) is 3.63. The molecule has 0 aliphatic rings. The molecule has 0 saturated carbocycles. The number of benzene rings is 1. The SMILES string of the molecule is O=C(CCC(F)(F)F)c1cc(F)c(F)cc1F. The zero-order valence-corrected chi connectivity index (χ0v) is 8.24. The van der Waals surface area contributed by atoms with E-state index in [2.05, 4.69) is 0 Å². The molecule has 1 nitrogen and oxygen atoms in total. The van der Waals surface area contributed by atoms with E-state index < -0.39 is 47.8 Å². The molecule has 0 aliphatic heterocycles. The summed E-state index contributed by atoms with van der Waals surface area (Å²) in [6.45, 7) is 0. The second-order valence-electron chi connectivity index (χ2n) is 3.28. The molecule has 0 bridgehead atoms. The average molecular weight is 256 g/mol. The lowest BCUT2D eigenvalue weighted by Crippen LogP contribution is -2.12. The summed E-state index contributed by atoms with van der Waals surface area (Å²) in [6.07, 6.45) is -7.01. The van der Waals surface area contributed by atoms with Gasteiger partial charge in [-0.25, -0.2) is 13.2 Å². The fourth-order valence-electron chi connectivity index (χ4n) is 1.13. The zero-order chi connectivity index (χ0) is 13.2. The summed E-state index contributed by atoms with van der Waals surface area (Å²) in [4.78, 5) is 11.1. The topological polar surface area (TPSA) is 17.1 Å². The summed E-state index contributed by atoms with van der Waals surface area (Å²) in [5, 5.41) is 0. The quantitative estimate of drug-likeness (QED) is 0.458. The number of rotatable bonds is 3. The van der Waals surface area contributed by atoms with Gasteiger partial charge in [0.2, 0.25) is 0 Å². The molecule has 17 heavy (non-hydrogen) atoms. The second kappa shape index (κ2) is 4.77. The summed E-state index contributed by atoms with van der Waals surface area (Å²) in [5.41, 5.74) is -0.881. The number of carbonyl (C=O) groups excluding carboxylic acids is 1. The molecular formula is C10H6F6O. The third-order valence-corrected chi connectivity index (χ3v) is 1.95. The highest BCUT2D eigenvalue weighted by Crippen LogP contribution is 2.23. The third-order valence-electron chi connectivity index (χ3n) is 1.95. The lowest BCUT2D eigenvalue weighted by atomic mass is 10.1. The van der Waals surface area contributed by atoms with Crippen LogP contribution in [0.4, 0.5) is 26.3 Å². The molecule has 7 heteroatoms. The third kappa shape index (κ3) is 3.76. The standard InChI is InChI=1S/C10H6F6O/c11-6-4-8(13)7(12)3-5(6)9(17)1-2-10(14,15)16/h3-4H,1-2H2. The monoisotopic (exact) mass is 256 g/mol. The average Bonchev–Trinajstić information content (AvgIpc) is 2.19. The van der Waals surface area contributed by atoms with Crippen LogP contribution in [-0.4, -0.2) is 12.0 Å². The fraction of sp³-hybridized carbons (Fsp3) is 0.300. The fourth-order valence-corrected chi connectivity index (χ4v) is 1.13. The number of alkyl halides is 3. The molecule has 0 aromatic heterocycles. The molecule has 0 aliphatic carbocycles. The van der Waals surface area contributed by atoms with E-state index in [1.807, 2.05) is 0 Å². The van der Waals surface area contributed by atoms with Crippen molar-refractivity contribution >= 4 is 5.78 Å². The maximum atomic E-state index is 13.0. The van der Waals surface area contributed by atoms with E-state index in [4.69, 9.17) is 0 Å². The van der Waals surface area contributed by atoms with Crippen molar-refractivity contribution in [2.45, 2.75) is 19.0 Å². The van der Waals surface area contributed by atoms with Gasteiger partial charge < -0.3 is 0 Å². The first-order valence-corrected chi connectivity index (χ1v) is 4.45. The largest absolute Gasteiger partial charge is 0.389 e. The molecule has 0 saturated heterocycles. The Bertz CT molecular complexity index is 437. The molecule has 1 aromatic carbocycles. The molecule has 0 fully saturated rings. The lowest BCUT2D eigenvalue weighted by molar-refractivity contribution is -0.133. The summed E-state index contributed by atoms with van der Waals surface area (Å²) in [5.74, 6) is -5.59. The van der Waals surface area contributed by atoms with Gasteiger partial charge >= 0.3 is 6.18 Å². The van der Waals surface area contributed by atoms with Crippen LogP contribution in [0.5, 0.6) is 0 Å².